The lowest BCUT2D eigenvalue weighted by atomic mass is 10.1. The van der Waals surface area contributed by atoms with Gasteiger partial charge in [-0.3, -0.25) is 0 Å². The summed E-state index contributed by atoms with van der Waals surface area (Å²) in [4.78, 5) is 0. The second-order valence-electron chi connectivity index (χ2n) is 4.42. The van der Waals surface area contributed by atoms with Crippen LogP contribution in [0.1, 0.15) is 59.3 Å². The van der Waals surface area contributed by atoms with Gasteiger partial charge in [-0.2, -0.15) is 0 Å². The minimum Gasteiger partial charge on any atom is -0.377 e. The van der Waals surface area contributed by atoms with Crippen LogP contribution in [-0.2, 0) is 4.74 Å². The first-order valence-corrected chi connectivity index (χ1v) is 6.51. The molecule has 15 heavy (non-hydrogen) atoms. The first-order valence-electron chi connectivity index (χ1n) is 6.51. The molecule has 2 heteroatoms. The summed E-state index contributed by atoms with van der Waals surface area (Å²) in [6.45, 7) is 7.47. The molecule has 0 heterocycles. The third kappa shape index (κ3) is 8.88. The lowest BCUT2D eigenvalue weighted by molar-refractivity contribution is 0.0427. The van der Waals surface area contributed by atoms with Crippen molar-refractivity contribution in [3.63, 3.8) is 0 Å². The van der Waals surface area contributed by atoms with Crippen LogP contribution in [0.25, 0.3) is 0 Å². The van der Waals surface area contributed by atoms with Crippen molar-refractivity contribution in [3.8, 4) is 0 Å². The van der Waals surface area contributed by atoms with Crippen molar-refractivity contribution in [2.24, 2.45) is 0 Å². The van der Waals surface area contributed by atoms with Crippen LogP contribution < -0.4 is 5.32 Å². The van der Waals surface area contributed by atoms with Gasteiger partial charge in [0, 0.05) is 12.6 Å². The highest BCUT2D eigenvalue weighted by Gasteiger charge is 2.08. The maximum atomic E-state index is 5.74. The normalized spacial score (nSPS) is 15.2. The molecule has 0 amide bonds. The number of rotatable bonds is 10. The molecule has 92 valence electrons. The second-order valence-corrected chi connectivity index (χ2v) is 4.42. The monoisotopic (exact) mass is 215 g/mol. The van der Waals surface area contributed by atoms with E-state index >= 15 is 0 Å². The van der Waals surface area contributed by atoms with Crippen LogP contribution in [0.5, 0.6) is 0 Å². The Labute approximate surface area is 95.8 Å². The first kappa shape index (κ1) is 14.9. The molecule has 1 N–H and O–H groups in total. The summed E-state index contributed by atoms with van der Waals surface area (Å²) < 4.78 is 5.74. The van der Waals surface area contributed by atoms with Crippen LogP contribution in [0, 0.1) is 0 Å². The highest BCUT2D eigenvalue weighted by molar-refractivity contribution is 4.65. The number of nitrogens with one attached hydrogen (secondary N) is 1. The summed E-state index contributed by atoms with van der Waals surface area (Å²) in [6, 6.07) is 0.449. The molecule has 2 atom stereocenters. The molecule has 0 spiro atoms. The van der Waals surface area contributed by atoms with E-state index in [1.807, 2.05) is 7.05 Å². The van der Waals surface area contributed by atoms with Crippen LogP contribution in [-0.4, -0.2) is 25.8 Å². The van der Waals surface area contributed by atoms with Gasteiger partial charge in [0.1, 0.15) is 0 Å². The van der Waals surface area contributed by atoms with Gasteiger partial charge in [0.15, 0.2) is 0 Å². The summed E-state index contributed by atoms with van der Waals surface area (Å²) in [5.41, 5.74) is 0. The SMILES string of the molecule is CCCCCCCCOC(C)C(C)NC. The minimum atomic E-state index is 0.325. The lowest BCUT2D eigenvalue weighted by Gasteiger charge is -2.19. The predicted molar refractivity (Wildman–Crippen MR) is 67.3 cm³/mol. The number of hydrogen-bond donors (Lipinski definition) is 1. The Morgan fingerprint density at radius 1 is 1.00 bits per heavy atom. The topological polar surface area (TPSA) is 21.3 Å². The molecule has 0 aliphatic rings. The molecule has 0 bridgehead atoms. The average Bonchev–Trinajstić information content (AvgIpc) is 2.26. The van der Waals surface area contributed by atoms with Gasteiger partial charge in [-0.25, -0.2) is 0 Å². The van der Waals surface area contributed by atoms with Gasteiger partial charge in [-0.05, 0) is 27.3 Å². The molecule has 0 radical (unpaired) electrons. The smallest absolute Gasteiger partial charge is 0.0697 e. The Bertz CT molecular complexity index is 128. The lowest BCUT2D eigenvalue weighted by Crippen LogP contribution is -2.34. The summed E-state index contributed by atoms with van der Waals surface area (Å²) in [7, 11) is 1.98. The van der Waals surface area contributed by atoms with Crippen LogP contribution >= 0.6 is 0 Å². The average molecular weight is 215 g/mol. The Kier molecular flexibility index (Phi) is 10.4. The van der Waals surface area contributed by atoms with Crippen molar-refractivity contribution in [2.45, 2.75) is 71.4 Å². The first-order chi connectivity index (χ1) is 7.22. The van der Waals surface area contributed by atoms with Crippen molar-refractivity contribution in [3.05, 3.63) is 0 Å². The predicted octanol–water partition coefficient (Wildman–Crippen LogP) is 3.36. The fourth-order valence-electron chi connectivity index (χ4n) is 1.53. The third-order valence-electron chi connectivity index (χ3n) is 3.04. The van der Waals surface area contributed by atoms with E-state index in [4.69, 9.17) is 4.74 Å². The molecule has 0 saturated heterocycles. The zero-order chi connectivity index (χ0) is 11.5. The molecule has 0 aromatic heterocycles. The Morgan fingerprint density at radius 2 is 1.60 bits per heavy atom. The molecule has 2 nitrogen and oxygen atoms in total. The van der Waals surface area contributed by atoms with E-state index in [0.29, 0.717) is 12.1 Å². The Balaban J connectivity index is 3.16. The summed E-state index contributed by atoms with van der Waals surface area (Å²) >= 11 is 0. The molecule has 0 aliphatic carbocycles. The molecular weight excluding hydrogens is 186 g/mol. The maximum absolute atomic E-state index is 5.74. The molecule has 0 saturated carbocycles. The van der Waals surface area contributed by atoms with Crippen molar-refractivity contribution in [1.82, 2.24) is 5.32 Å². The van der Waals surface area contributed by atoms with Crippen LogP contribution in [0.4, 0.5) is 0 Å². The highest BCUT2D eigenvalue weighted by atomic mass is 16.5. The molecule has 2 unspecified atom stereocenters. The number of likely N-dealkylation sites (N-methyl/N-ethyl adjacent to an activating group) is 1. The van der Waals surface area contributed by atoms with E-state index in [0.717, 1.165) is 6.61 Å². The Morgan fingerprint density at radius 3 is 2.20 bits per heavy atom. The van der Waals surface area contributed by atoms with Crippen molar-refractivity contribution < 1.29 is 4.74 Å². The fourth-order valence-corrected chi connectivity index (χ4v) is 1.53. The van der Waals surface area contributed by atoms with Crippen LogP contribution in [0.2, 0.25) is 0 Å². The zero-order valence-electron chi connectivity index (χ0n) is 11.0. The molecule has 0 aliphatic heterocycles. The van der Waals surface area contributed by atoms with Gasteiger partial charge >= 0.3 is 0 Å². The standard InChI is InChI=1S/C13H29NO/c1-5-6-7-8-9-10-11-15-13(3)12(2)14-4/h12-14H,5-11H2,1-4H3. The number of hydrogen-bond acceptors (Lipinski definition) is 2. The summed E-state index contributed by atoms with van der Waals surface area (Å²) in [6.07, 6.45) is 8.32. The van der Waals surface area contributed by atoms with E-state index < -0.39 is 0 Å². The molecular formula is C13H29NO. The van der Waals surface area contributed by atoms with E-state index in [1.165, 1.54) is 38.5 Å². The van der Waals surface area contributed by atoms with E-state index in [2.05, 4.69) is 26.1 Å². The van der Waals surface area contributed by atoms with Gasteiger partial charge < -0.3 is 10.1 Å². The maximum Gasteiger partial charge on any atom is 0.0697 e. The zero-order valence-corrected chi connectivity index (χ0v) is 11.0. The minimum absolute atomic E-state index is 0.325. The van der Waals surface area contributed by atoms with Crippen molar-refractivity contribution >= 4 is 0 Å². The van der Waals surface area contributed by atoms with Gasteiger partial charge in [0.25, 0.3) is 0 Å². The van der Waals surface area contributed by atoms with E-state index in [9.17, 15) is 0 Å². The van der Waals surface area contributed by atoms with Gasteiger partial charge in [-0.1, -0.05) is 39.0 Å². The number of ether oxygens (including phenoxy) is 1. The molecule has 0 rings (SSSR count). The largest absolute Gasteiger partial charge is 0.377 e. The Hall–Kier alpha value is -0.0800. The third-order valence-corrected chi connectivity index (χ3v) is 3.04. The summed E-state index contributed by atoms with van der Waals surface area (Å²) in [5, 5.41) is 3.21. The molecule has 0 fully saturated rings. The molecule has 0 aromatic carbocycles. The second kappa shape index (κ2) is 10.4. The summed E-state index contributed by atoms with van der Waals surface area (Å²) in [5.74, 6) is 0. The quantitative estimate of drug-likeness (QED) is 0.564. The van der Waals surface area contributed by atoms with Crippen LogP contribution in [0.15, 0.2) is 0 Å². The molecule has 0 aromatic rings. The highest BCUT2D eigenvalue weighted by Crippen LogP contribution is 2.06. The fraction of sp³-hybridized carbons (Fsp3) is 1.00. The van der Waals surface area contributed by atoms with Crippen LogP contribution in [0.3, 0.4) is 0 Å². The van der Waals surface area contributed by atoms with Gasteiger partial charge in [0.05, 0.1) is 6.10 Å². The number of unbranched alkanes of at least 4 members (excludes halogenated alkanes) is 5. The van der Waals surface area contributed by atoms with Gasteiger partial charge in [-0.15, -0.1) is 0 Å². The van der Waals surface area contributed by atoms with Crippen molar-refractivity contribution in [1.29, 1.82) is 0 Å². The van der Waals surface area contributed by atoms with Crippen molar-refractivity contribution in [2.75, 3.05) is 13.7 Å². The van der Waals surface area contributed by atoms with E-state index in [1.54, 1.807) is 0 Å². The van der Waals surface area contributed by atoms with Gasteiger partial charge in [0.2, 0.25) is 0 Å². The van der Waals surface area contributed by atoms with E-state index in [-0.39, 0.29) is 0 Å².